The second-order valence-corrected chi connectivity index (χ2v) is 11.1. The smallest absolute Gasteiger partial charge is 0.0138 e. The van der Waals surface area contributed by atoms with Gasteiger partial charge in [-0.3, -0.25) is 0 Å². The highest BCUT2D eigenvalue weighted by atomic mass is 14.7. The number of hydrogen-bond acceptors (Lipinski definition) is 0. The Morgan fingerprint density at radius 3 is 2.58 bits per heavy atom. The van der Waals surface area contributed by atoms with Crippen LogP contribution >= 0.6 is 0 Å². The van der Waals surface area contributed by atoms with Crippen LogP contribution in [0.1, 0.15) is 91.4 Å². The highest BCUT2D eigenvalue weighted by Gasteiger charge is 2.60. The Hall–Kier alpha value is -0.520. The lowest BCUT2D eigenvalue weighted by atomic mass is 9.43. The summed E-state index contributed by atoms with van der Waals surface area (Å²) in [5, 5.41) is 0. The molecular weight excluding hydrogens is 312 g/mol. The molecule has 4 fully saturated rings. The van der Waals surface area contributed by atoms with Gasteiger partial charge < -0.3 is 0 Å². The van der Waals surface area contributed by atoms with E-state index in [2.05, 4.69) is 33.4 Å². The molecule has 146 valence electrons. The first-order chi connectivity index (χ1) is 12.4. The summed E-state index contributed by atoms with van der Waals surface area (Å²) in [6.45, 7) is 16.6. The first-order valence-electron chi connectivity index (χ1n) is 11.7. The molecule has 0 aliphatic heterocycles. The van der Waals surface area contributed by atoms with E-state index in [0.717, 1.165) is 35.5 Å². The van der Waals surface area contributed by atoms with E-state index in [-0.39, 0.29) is 0 Å². The molecule has 0 amide bonds. The van der Waals surface area contributed by atoms with Crippen molar-refractivity contribution in [2.75, 3.05) is 0 Å². The van der Waals surface area contributed by atoms with E-state index in [9.17, 15) is 0 Å². The highest BCUT2D eigenvalue weighted by molar-refractivity contribution is 5.21. The number of fused-ring (bicyclic) bond motifs is 5. The van der Waals surface area contributed by atoms with Crippen molar-refractivity contribution >= 4 is 0 Å². The molecule has 7 unspecified atom stereocenters. The second kappa shape index (κ2) is 6.82. The standard InChI is InChI=1S/C26H42/c1-6-7-10-18(2)21-12-13-22-24-19(3)17-20-11-8-9-15-25(20,4)23(24)14-16-26(21,22)5/h6,18,20-24H,1,3,7-17H2,2,4-5H3/t18-,20?,21?,22?,23?,24?,25?,26?/m1/s1. The molecule has 0 radical (unpaired) electrons. The van der Waals surface area contributed by atoms with Gasteiger partial charge in [-0.2, -0.15) is 0 Å². The number of hydrogen-bond donors (Lipinski definition) is 0. The molecule has 8 atom stereocenters. The lowest BCUT2D eigenvalue weighted by molar-refractivity contribution is -0.0895. The average Bonchev–Trinajstić information content (AvgIpc) is 2.97. The molecule has 0 aromatic heterocycles. The van der Waals surface area contributed by atoms with Crippen molar-refractivity contribution in [1.29, 1.82) is 0 Å². The molecule has 0 saturated heterocycles. The third kappa shape index (κ3) is 2.68. The summed E-state index contributed by atoms with van der Waals surface area (Å²) in [5.74, 6) is 5.43. The normalized spacial score (nSPS) is 49.0. The van der Waals surface area contributed by atoms with Crippen molar-refractivity contribution in [2.24, 2.45) is 46.3 Å². The summed E-state index contributed by atoms with van der Waals surface area (Å²) in [4.78, 5) is 0. The fourth-order valence-corrected chi connectivity index (χ4v) is 8.71. The third-order valence-corrected chi connectivity index (χ3v) is 10.1. The Labute approximate surface area is 162 Å². The van der Waals surface area contributed by atoms with Gasteiger partial charge in [0.1, 0.15) is 0 Å². The van der Waals surface area contributed by atoms with Crippen LogP contribution in [0.4, 0.5) is 0 Å². The van der Waals surface area contributed by atoms with Gasteiger partial charge in [-0.15, -0.1) is 6.58 Å². The Morgan fingerprint density at radius 1 is 1.04 bits per heavy atom. The first-order valence-corrected chi connectivity index (χ1v) is 11.7. The minimum absolute atomic E-state index is 0.572. The van der Waals surface area contributed by atoms with Crippen LogP contribution in [-0.4, -0.2) is 0 Å². The van der Waals surface area contributed by atoms with E-state index in [1.807, 2.05) is 0 Å². The molecule has 26 heavy (non-hydrogen) atoms. The minimum atomic E-state index is 0.572. The zero-order valence-corrected chi connectivity index (χ0v) is 17.7. The average molecular weight is 355 g/mol. The Bertz CT molecular complexity index is 558. The maximum absolute atomic E-state index is 4.72. The molecule has 4 rings (SSSR count). The van der Waals surface area contributed by atoms with E-state index in [1.54, 1.807) is 5.57 Å². The quantitative estimate of drug-likeness (QED) is 0.452. The molecular formula is C26H42. The van der Waals surface area contributed by atoms with Gasteiger partial charge in [-0.05, 0) is 104 Å². The minimum Gasteiger partial charge on any atom is -0.103 e. The van der Waals surface area contributed by atoms with Crippen molar-refractivity contribution in [3.63, 3.8) is 0 Å². The molecule has 0 aromatic carbocycles. The summed E-state index contributed by atoms with van der Waals surface area (Å²) in [5.41, 5.74) is 2.86. The van der Waals surface area contributed by atoms with Gasteiger partial charge in [-0.25, -0.2) is 0 Å². The van der Waals surface area contributed by atoms with Crippen LogP contribution in [0.2, 0.25) is 0 Å². The maximum atomic E-state index is 4.72. The molecule has 0 heteroatoms. The van der Waals surface area contributed by atoms with Crippen LogP contribution in [0.5, 0.6) is 0 Å². The Morgan fingerprint density at radius 2 is 1.81 bits per heavy atom. The van der Waals surface area contributed by atoms with Gasteiger partial charge in [0.15, 0.2) is 0 Å². The summed E-state index contributed by atoms with van der Waals surface area (Å²) in [7, 11) is 0. The van der Waals surface area contributed by atoms with Crippen molar-refractivity contribution in [1.82, 2.24) is 0 Å². The number of rotatable bonds is 4. The lowest BCUT2D eigenvalue weighted by Gasteiger charge is -2.61. The molecule has 4 saturated carbocycles. The molecule has 0 nitrogen and oxygen atoms in total. The highest BCUT2D eigenvalue weighted by Crippen LogP contribution is 2.69. The van der Waals surface area contributed by atoms with Crippen LogP contribution in [0.25, 0.3) is 0 Å². The summed E-state index contributed by atoms with van der Waals surface area (Å²) in [6, 6.07) is 0. The zero-order valence-electron chi connectivity index (χ0n) is 17.7. The molecule has 0 N–H and O–H groups in total. The zero-order chi connectivity index (χ0) is 18.5. The van der Waals surface area contributed by atoms with E-state index in [0.29, 0.717) is 10.8 Å². The molecule has 4 aliphatic carbocycles. The van der Waals surface area contributed by atoms with E-state index >= 15 is 0 Å². The monoisotopic (exact) mass is 354 g/mol. The fraction of sp³-hybridized carbons (Fsp3) is 0.846. The van der Waals surface area contributed by atoms with E-state index in [1.165, 1.54) is 70.6 Å². The van der Waals surface area contributed by atoms with Crippen molar-refractivity contribution in [3.05, 3.63) is 24.8 Å². The second-order valence-electron chi connectivity index (χ2n) is 11.1. The first kappa shape index (κ1) is 18.8. The van der Waals surface area contributed by atoms with Crippen molar-refractivity contribution in [3.8, 4) is 0 Å². The van der Waals surface area contributed by atoms with E-state index in [4.69, 9.17) is 6.58 Å². The van der Waals surface area contributed by atoms with Gasteiger partial charge >= 0.3 is 0 Å². The molecule has 0 heterocycles. The maximum Gasteiger partial charge on any atom is -0.0138 e. The van der Waals surface area contributed by atoms with Crippen LogP contribution in [0.15, 0.2) is 24.8 Å². The fourth-order valence-electron chi connectivity index (χ4n) is 8.71. The Balaban J connectivity index is 1.60. The predicted octanol–water partition coefficient (Wildman–Crippen LogP) is 7.80. The van der Waals surface area contributed by atoms with Crippen molar-refractivity contribution < 1.29 is 0 Å². The summed E-state index contributed by atoms with van der Waals surface area (Å²) >= 11 is 0. The van der Waals surface area contributed by atoms with Gasteiger partial charge in [0.05, 0.1) is 0 Å². The number of allylic oxidation sites excluding steroid dienone is 2. The molecule has 4 aliphatic rings. The molecule has 0 spiro atoms. The van der Waals surface area contributed by atoms with Gasteiger partial charge in [0.2, 0.25) is 0 Å². The van der Waals surface area contributed by atoms with Gasteiger partial charge in [0, 0.05) is 0 Å². The third-order valence-electron chi connectivity index (χ3n) is 10.1. The van der Waals surface area contributed by atoms with Gasteiger partial charge in [-0.1, -0.05) is 51.8 Å². The van der Waals surface area contributed by atoms with Crippen LogP contribution < -0.4 is 0 Å². The van der Waals surface area contributed by atoms with Crippen LogP contribution in [-0.2, 0) is 0 Å². The van der Waals surface area contributed by atoms with Crippen molar-refractivity contribution in [2.45, 2.75) is 91.4 Å². The van der Waals surface area contributed by atoms with Gasteiger partial charge in [0.25, 0.3) is 0 Å². The Kier molecular flexibility index (Phi) is 4.94. The van der Waals surface area contributed by atoms with E-state index < -0.39 is 0 Å². The topological polar surface area (TPSA) is 0 Å². The lowest BCUT2D eigenvalue weighted by Crippen LogP contribution is -2.53. The summed E-state index contributed by atoms with van der Waals surface area (Å²) < 4.78 is 0. The van der Waals surface area contributed by atoms with Crippen LogP contribution in [0.3, 0.4) is 0 Å². The largest absolute Gasteiger partial charge is 0.103 e. The summed E-state index contributed by atoms with van der Waals surface area (Å²) in [6.07, 6.45) is 17.8. The molecule has 0 bridgehead atoms. The SMILES string of the molecule is C=CCC[C@@H](C)C1CCC2C3C(=C)CC4CCCCC4(C)C3CCC21C. The van der Waals surface area contributed by atoms with Crippen LogP contribution in [0, 0.1) is 46.3 Å². The molecule has 0 aromatic rings. The predicted molar refractivity (Wildman–Crippen MR) is 113 cm³/mol.